The lowest BCUT2D eigenvalue weighted by Crippen LogP contribution is -2.45. The second kappa shape index (κ2) is 54.7. The summed E-state index contributed by atoms with van der Waals surface area (Å²) in [5.74, 6) is -0.0737. The Kier molecular flexibility index (Phi) is 53.3. The van der Waals surface area contributed by atoms with Crippen molar-refractivity contribution < 1.29 is 15.0 Å². The van der Waals surface area contributed by atoms with E-state index in [4.69, 9.17) is 0 Å². The third-order valence-electron chi connectivity index (χ3n) is 13.0. The maximum atomic E-state index is 12.5. The maximum absolute atomic E-state index is 12.5. The molecular weight excluding hydrogens is 771 g/mol. The van der Waals surface area contributed by atoms with E-state index in [1.807, 2.05) is 6.08 Å². The molecule has 0 spiro atoms. The lowest BCUT2D eigenvalue weighted by atomic mass is 10.0. The van der Waals surface area contributed by atoms with Crippen LogP contribution in [0.4, 0.5) is 0 Å². The standard InChI is InChI=1S/C59H111NO3/c1-3-5-7-9-11-13-15-17-19-21-23-25-26-27-28-29-30-31-32-33-34-35-37-39-41-43-45-47-49-51-53-55-59(63)60-57(56-61)58(62)54-52-50-48-46-44-42-40-38-36-24-22-20-18-16-14-12-10-8-6-4-2/h21,23,36,38,44,46,52,54,57-58,61-62H,3-20,22,24-35,37,39-43,45,47-51,53,55-56H2,1-2H3,(H,60,63)/b23-21-,38-36+,46-44+,54-52+. The van der Waals surface area contributed by atoms with Crippen LogP contribution < -0.4 is 5.32 Å². The molecule has 4 nitrogen and oxygen atoms in total. The highest BCUT2D eigenvalue weighted by molar-refractivity contribution is 5.76. The van der Waals surface area contributed by atoms with Gasteiger partial charge in [0.25, 0.3) is 0 Å². The number of amides is 1. The number of hydrogen-bond donors (Lipinski definition) is 3. The zero-order chi connectivity index (χ0) is 45.6. The number of aliphatic hydroxyl groups is 2. The van der Waals surface area contributed by atoms with Gasteiger partial charge in [-0.25, -0.2) is 0 Å². The number of hydrogen-bond acceptors (Lipinski definition) is 3. The van der Waals surface area contributed by atoms with Crippen molar-refractivity contribution in [1.82, 2.24) is 5.32 Å². The van der Waals surface area contributed by atoms with E-state index in [0.717, 1.165) is 38.5 Å². The summed E-state index contributed by atoms with van der Waals surface area (Å²) in [4.78, 5) is 12.5. The molecule has 370 valence electrons. The summed E-state index contributed by atoms with van der Waals surface area (Å²) in [7, 11) is 0. The Morgan fingerprint density at radius 1 is 0.365 bits per heavy atom. The average Bonchev–Trinajstić information content (AvgIpc) is 3.29. The van der Waals surface area contributed by atoms with Crippen LogP contribution in [-0.4, -0.2) is 34.9 Å². The molecule has 0 aliphatic rings. The molecule has 0 fully saturated rings. The van der Waals surface area contributed by atoms with Crippen LogP contribution in [0.15, 0.2) is 48.6 Å². The first kappa shape index (κ1) is 61.4. The summed E-state index contributed by atoms with van der Waals surface area (Å²) in [5, 5.41) is 23.1. The molecule has 0 rings (SSSR count). The Morgan fingerprint density at radius 2 is 0.619 bits per heavy atom. The van der Waals surface area contributed by atoms with Crippen molar-refractivity contribution in [2.75, 3.05) is 6.61 Å². The molecule has 4 heteroatoms. The van der Waals surface area contributed by atoms with E-state index in [1.54, 1.807) is 6.08 Å². The smallest absolute Gasteiger partial charge is 0.220 e. The van der Waals surface area contributed by atoms with Crippen molar-refractivity contribution in [3.8, 4) is 0 Å². The van der Waals surface area contributed by atoms with Gasteiger partial charge < -0.3 is 15.5 Å². The summed E-state index contributed by atoms with van der Waals surface area (Å²) >= 11 is 0. The minimum atomic E-state index is -0.870. The number of carbonyl (C=O) groups is 1. The molecule has 0 bridgehead atoms. The number of nitrogens with one attached hydrogen (secondary N) is 1. The molecule has 0 aliphatic heterocycles. The van der Waals surface area contributed by atoms with Crippen LogP contribution in [0.1, 0.15) is 303 Å². The fraction of sp³-hybridized carbons (Fsp3) is 0.847. The Morgan fingerprint density at radius 3 is 0.921 bits per heavy atom. The monoisotopic (exact) mass is 882 g/mol. The van der Waals surface area contributed by atoms with Gasteiger partial charge in [0.2, 0.25) is 5.91 Å². The Balaban J connectivity index is 3.50. The summed E-state index contributed by atoms with van der Waals surface area (Å²) in [6.45, 7) is 4.32. The Labute approximate surface area is 394 Å². The van der Waals surface area contributed by atoms with E-state index < -0.39 is 12.1 Å². The molecular formula is C59H111NO3. The summed E-state index contributed by atoms with van der Waals surface area (Å²) in [6.07, 6.45) is 75.7. The molecule has 1 amide bonds. The number of carbonyl (C=O) groups excluding carboxylic acids is 1. The third-order valence-corrected chi connectivity index (χ3v) is 13.0. The van der Waals surface area contributed by atoms with Gasteiger partial charge in [0.1, 0.15) is 0 Å². The fourth-order valence-corrected chi connectivity index (χ4v) is 8.68. The molecule has 2 atom stereocenters. The van der Waals surface area contributed by atoms with E-state index in [1.165, 1.54) is 244 Å². The van der Waals surface area contributed by atoms with Crippen molar-refractivity contribution in [3.05, 3.63) is 48.6 Å². The van der Waals surface area contributed by atoms with Gasteiger partial charge in [-0.05, 0) is 70.6 Å². The van der Waals surface area contributed by atoms with Crippen molar-refractivity contribution in [1.29, 1.82) is 0 Å². The van der Waals surface area contributed by atoms with Crippen LogP contribution in [0.2, 0.25) is 0 Å². The minimum Gasteiger partial charge on any atom is -0.394 e. The predicted molar refractivity (Wildman–Crippen MR) is 281 cm³/mol. The van der Waals surface area contributed by atoms with Gasteiger partial charge in [0.15, 0.2) is 0 Å². The van der Waals surface area contributed by atoms with Gasteiger partial charge in [-0.3, -0.25) is 4.79 Å². The van der Waals surface area contributed by atoms with Crippen molar-refractivity contribution in [3.63, 3.8) is 0 Å². The number of aliphatic hydroxyl groups excluding tert-OH is 2. The Bertz CT molecular complexity index is 1000. The molecule has 0 heterocycles. The van der Waals surface area contributed by atoms with Crippen molar-refractivity contribution in [2.45, 2.75) is 315 Å². The highest BCUT2D eigenvalue weighted by Crippen LogP contribution is 2.17. The van der Waals surface area contributed by atoms with Gasteiger partial charge >= 0.3 is 0 Å². The van der Waals surface area contributed by atoms with E-state index in [2.05, 4.69) is 55.6 Å². The highest BCUT2D eigenvalue weighted by Gasteiger charge is 2.18. The van der Waals surface area contributed by atoms with Gasteiger partial charge in [-0.2, -0.15) is 0 Å². The quantitative estimate of drug-likeness (QED) is 0.0421. The first-order valence-corrected chi connectivity index (χ1v) is 28.4. The predicted octanol–water partition coefficient (Wildman–Crippen LogP) is 18.6. The van der Waals surface area contributed by atoms with Gasteiger partial charge in [-0.1, -0.05) is 274 Å². The fourth-order valence-electron chi connectivity index (χ4n) is 8.68. The Hall–Kier alpha value is -1.65. The van der Waals surface area contributed by atoms with E-state index in [-0.39, 0.29) is 12.5 Å². The van der Waals surface area contributed by atoms with Crippen LogP contribution >= 0.6 is 0 Å². The van der Waals surface area contributed by atoms with Gasteiger partial charge in [0.05, 0.1) is 18.8 Å². The molecule has 0 saturated heterocycles. The number of rotatable bonds is 52. The van der Waals surface area contributed by atoms with E-state index in [9.17, 15) is 15.0 Å². The molecule has 2 unspecified atom stereocenters. The zero-order valence-electron chi connectivity index (χ0n) is 42.6. The van der Waals surface area contributed by atoms with E-state index >= 15 is 0 Å². The lowest BCUT2D eigenvalue weighted by molar-refractivity contribution is -0.123. The molecule has 63 heavy (non-hydrogen) atoms. The molecule has 0 saturated carbocycles. The first-order valence-electron chi connectivity index (χ1n) is 28.4. The summed E-state index contributed by atoms with van der Waals surface area (Å²) < 4.78 is 0. The average molecular weight is 883 g/mol. The zero-order valence-corrected chi connectivity index (χ0v) is 42.6. The van der Waals surface area contributed by atoms with Gasteiger partial charge in [0, 0.05) is 6.42 Å². The van der Waals surface area contributed by atoms with Crippen LogP contribution in [0, 0.1) is 0 Å². The first-order chi connectivity index (χ1) is 31.2. The molecule has 0 aromatic rings. The third kappa shape index (κ3) is 51.2. The molecule has 0 radical (unpaired) electrons. The van der Waals surface area contributed by atoms with Gasteiger partial charge in [-0.15, -0.1) is 0 Å². The van der Waals surface area contributed by atoms with Crippen LogP contribution in [-0.2, 0) is 4.79 Å². The minimum absolute atomic E-state index is 0.0737. The second-order valence-corrected chi connectivity index (χ2v) is 19.3. The van der Waals surface area contributed by atoms with Crippen LogP contribution in [0.3, 0.4) is 0 Å². The topological polar surface area (TPSA) is 69.6 Å². The number of unbranched alkanes of at least 4 members (excludes halogenated alkanes) is 39. The van der Waals surface area contributed by atoms with Crippen LogP contribution in [0.25, 0.3) is 0 Å². The van der Waals surface area contributed by atoms with Crippen molar-refractivity contribution in [2.24, 2.45) is 0 Å². The molecule has 0 aliphatic carbocycles. The van der Waals surface area contributed by atoms with Crippen molar-refractivity contribution >= 4 is 5.91 Å². The molecule has 3 N–H and O–H groups in total. The normalized spacial score (nSPS) is 13.1. The largest absolute Gasteiger partial charge is 0.394 e. The summed E-state index contributed by atoms with van der Waals surface area (Å²) in [6, 6.07) is -0.645. The second-order valence-electron chi connectivity index (χ2n) is 19.3. The SMILES string of the molecule is CCCCCCCCCC/C=C\CCCCCCCCCCCCCCCCCCCCCC(=O)NC(CO)C(O)/C=C/CC/C=C/CC/C=C/CCCCCCCCCCCC. The molecule has 0 aromatic heterocycles. The lowest BCUT2D eigenvalue weighted by Gasteiger charge is -2.19. The molecule has 0 aromatic carbocycles. The van der Waals surface area contributed by atoms with E-state index in [0.29, 0.717) is 6.42 Å². The maximum Gasteiger partial charge on any atom is 0.220 e. The number of allylic oxidation sites excluding steroid dienone is 7. The summed E-state index contributed by atoms with van der Waals surface area (Å²) in [5.41, 5.74) is 0. The highest BCUT2D eigenvalue weighted by atomic mass is 16.3. The van der Waals surface area contributed by atoms with Crippen LogP contribution in [0.5, 0.6) is 0 Å².